The van der Waals surface area contributed by atoms with Crippen LogP contribution in [-0.4, -0.2) is 23.7 Å². The summed E-state index contributed by atoms with van der Waals surface area (Å²) in [6.07, 6.45) is 3.57. The first kappa shape index (κ1) is 13.4. The molecule has 1 heterocycles. The first-order valence-corrected chi connectivity index (χ1v) is 6.14. The number of rotatable bonds is 6. The molecule has 2 rings (SSSR count). The van der Waals surface area contributed by atoms with E-state index in [1.807, 2.05) is 36.9 Å². The van der Waals surface area contributed by atoms with Crippen LogP contribution in [0.25, 0.3) is 0 Å². The molecular weight excluding hydrogens is 242 g/mol. The molecule has 0 radical (unpaired) electrons. The van der Waals surface area contributed by atoms with Gasteiger partial charge in [0.05, 0.1) is 25.3 Å². The van der Waals surface area contributed by atoms with Crippen LogP contribution in [0.4, 0.5) is 0 Å². The number of hydrogen-bond acceptors (Lipinski definition) is 4. The third kappa shape index (κ3) is 3.26. The van der Waals surface area contributed by atoms with Crippen molar-refractivity contribution in [2.24, 2.45) is 7.05 Å². The van der Waals surface area contributed by atoms with Gasteiger partial charge in [-0.1, -0.05) is 0 Å². The van der Waals surface area contributed by atoms with Gasteiger partial charge < -0.3 is 19.4 Å². The fourth-order valence-corrected chi connectivity index (χ4v) is 1.83. The second-order valence-electron chi connectivity index (χ2n) is 4.29. The molecule has 2 aromatic rings. The highest BCUT2D eigenvalue weighted by Crippen LogP contribution is 2.24. The Labute approximate surface area is 113 Å². The minimum absolute atomic E-state index is 0.500. The molecule has 5 heteroatoms. The Morgan fingerprint density at radius 1 is 1.37 bits per heavy atom. The Bertz CT molecular complexity index is 537. The van der Waals surface area contributed by atoms with Crippen LogP contribution in [0.2, 0.25) is 0 Å². The Hall–Kier alpha value is -2.01. The number of nitrogens with zero attached hydrogens (tertiary/aromatic N) is 2. The average Bonchev–Trinajstić information content (AvgIpc) is 2.83. The Morgan fingerprint density at radius 2 is 2.21 bits per heavy atom. The summed E-state index contributed by atoms with van der Waals surface area (Å²) in [6, 6.07) is 5.81. The number of aromatic nitrogens is 2. The van der Waals surface area contributed by atoms with Crippen molar-refractivity contribution in [1.82, 2.24) is 14.9 Å². The number of nitrogens with one attached hydrogen (secondary N) is 1. The summed E-state index contributed by atoms with van der Waals surface area (Å²) in [5.74, 6) is 1.69. The van der Waals surface area contributed by atoms with Gasteiger partial charge >= 0.3 is 0 Å². The molecule has 0 spiro atoms. The van der Waals surface area contributed by atoms with Gasteiger partial charge in [-0.2, -0.15) is 0 Å². The summed E-state index contributed by atoms with van der Waals surface area (Å²) in [5.41, 5.74) is 2.11. The highest BCUT2D eigenvalue weighted by Gasteiger charge is 2.07. The van der Waals surface area contributed by atoms with E-state index < -0.39 is 0 Å². The zero-order valence-corrected chi connectivity index (χ0v) is 11.5. The maximum Gasteiger partial charge on any atom is 0.130 e. The lowest BCUT2D eigenvalue weighted by atomic mass is 10.2. The Morgan fingerprint density at radius 3 is 2.84 bits per heavy atom. The highest BCUT2D eigenvalue weighted by molar-refractivity contribution is 5.40. The molecule has 19 heavy (non-hydrogen) atoms. The first-order chi connectivity index (χ1) is 9.24. The summed E-state index contributed by atoms with van der Waals surface area (Å²) in [6.45, 7) is 1.23. The Balaban J connectivity index is 2.12. The zero-order valence-electron chi connectivity index (χ0n) is 11.5. The summed E-state index contributed by atoms with van der Waals surface area (Å²) >= 11 is 0. The van der Waals surface area contributed by atoms with Crippen molar-refractivity contribution in [3.8, 4) is 11.5 Å². The molecule has 5 nitrogen and oxygen atoms in total. The summed E-state index contributed by atoms with van der Waals surface area (Å²) in [4.78, 5) is 4.07. The SMILES string of the molecule is CNCc1cc(OC)ccc1OCc1cncn1C. The lowest BCUT2D eigenvalue weighted by Gasteiger charge is -2.13. The van der Waals surface area contributed by atoms with Gasteiger partial charge in [0.15, 0.2) is 0 Å². The number of hydrogen-bond donors (Lipinski definition) is 1. The van der Waals surface area contributed by atoms with Crippen molar-refractivity contribution in [2.45, 2.75) is 13.2 Å². The second-order valence-corrected chi connectivity index (χ2v) is 4.29. The minimum atomic E-state index is 0.500. The van der Waals surface area contributed by atoms with E-state index in [-0.39, 0.29) is 0 Å². The highest BCUT2D eigenvalue weighted by atomic mass is 16.5. The van der Waals surface area contributed by atoms with E-state index in [0.717, 1.165) is 29.3 Å². The fraction of sp³-hybridized carbons (Fsp3) is 0.357. The van der Waals surface area contributed by atoms with Gasteiger partial charge in [0.25, 0.3) is 0 Å². The van der Waals surface area contributed by atoms with E-state index >= 15 is 0 Å². The van der Waals surface area contributed by atoms with Crippen molar-refractivity contribution >= 4 is 0 Å². The molecule has 0 unspecified atom stereocenters. The maximum absolute atomic E-state index is 5.86. The van der Waals surface area contributed by atoms with E-state index in [4.69, 9.17) is 9.47 Å². The predicted molar refractivity (Wildman–Crippen MR) is 73.3 cm³/mol. The molecular formula is C14H19N3O2. The number of imidazole rings is 1. The van der Waals surface area contributed by atoms with Crippen LogP contribution < -0.4 is 14.8 Å². The van der Waals surface area contributed by atoms with E-state index in [2.05, 4.69) is 10.3 Å². The molecule has 0 aliphatic rings. The fourth-order valence-electron chi connectivity index (χ4n) is 1.83. The molecule has 0 aliphatic heterocycles. The normalized spacial score (nSPS) is 10.5. The zero-order chi connectivity index (χ0) is 13.7. The summed E-state index contributed by atoms with van der Waals surface area (Å²) < 4.78 is 13.0. The van der Waals surface area contributed by atoms with Crippen LogP contribution in [0.3, 0.4) is 0 Å². The van der Waals surface area contributed by atoms with Crippen molar-refractivity contribution in [2.75, 3.05) is 14.2 Å². The quantitative estimate of drug-likeness (QED) is 0.860. The maximum atomic E-state index is 5.86. The Kier molecular flexibility index (Phi) is 4.41. The van der Waals surface area contributed by atoms with Crippen LogP contribution in [0, 0.1) is 0 Å². The van der Waals surface area contributed by atoms with E-state index in [1.165, 1.54) is 0 Å². The minimum Gasteiger partial charge on any atom is -0.497 e. The monoisotopic (exact) mass is 261 g/mol. The smallest absolute Gasteiger partial charge is 0.130 e. The molecule has 0 saturated heterocycles. The molecule has 0 fully saturated rings. The van der Waals surface area contributed by atoms with Crippen molar-refractivity contribution < 1.29 is 9.47 Å². The topological polar surface area (TPSA) is 48.3 Å². The van der Waals surface area contributed by atoms with Gasteiger partial charge in [0.2, 0.25) is 0 Å². The molecule has 0 atom stereocenters. The first-order valence-electron chi connectivity index (χ1n) is 6.14. The summed E-state index contributed by atoms with van der Waals surface area (Å²) in [7, 11) is 5.52. The number of methoxy groups -OCH3 is 1. The van der Waals surface area contributed by atoms with Crippen molar-refractivity contribution in [1.29, 1.82) is 0 Å². The molecule has 1 N–H and O–H groups in total. The molecule has 0 bridgehead atoms. The molecule has 102 valence electrons. The van der Waals surface area contributed by atoms with Gasteiger partial charge in [-0.05, 0) is 25.2 Å². The van der Waals surface area contributed by atoms with Crippen molar-refractivity contribution in [3.05, 3.63) is 42.0 Å². The van der Waals surface area contributed by atoms with Gasteiger partial charge in [0, 0.05) is 19.2 Å². The van der Waals surface area contributed by atoms with Gasteiger partial charge in [-0.25, -0.2) is 4.98 Å². The van der Waals surface area contributed by atoms with Gasteiger partial charge in [-0.15, -0.1) is 0 Å². The second kappa shape index (κ2) is 6.24. The molecule has 0 saturated carbocycles. The lowest BCUT2D eigenvalue weighted by Crippen LogP contribution is -2.08. The number of ether oxygens (including phenoxy) is 2. The van der Waals surface area contributed by atoms with Gasteiger partial charge in [-0.3, -0.25) is 0 Å². The van der Waals surface area contributed by atoms with Crippen LogP contribution in [0.5, 0.6) is 11.5 Å². The predicted octanol–water partition coefficient (Wildman–Crippen LogP) is 1.73. The van der Waals surface area contributed by atoms with E-state index in [1.54, 1.807) is 19.6 Å². The third-order valence-electron chi connectivity index (χ3n) is 2.93. The van der Waals surface area contributed by atoms with Crippen LogP contribution >= 0.6 is 0 Å². The third-order valence-corrected chi connectivity index (χ3v) is 2.93. The van der Waals surface area contributed by atoms with E-state index in [9.17, 15) is 0 Å². The molecule has 0 aliphatic carbocycles. The molecule has 0 amide bonds. The number of benzene rings is 1. The molecule has 1 aromatic carbocycles. The largest absolute Gasteiger partial charge is 0.497 e. The summed E-state index contributed by atoms with van der Waals surface area (Å²) in [5, 5.41) is 3.13. The molecule has 1 aromatic heterocycles. The van der Waals surface area contributed by atoms with Crippen molar-refractivity contribution in [3.63, 3.8) is 0 Å². The average molecular weight is 261 g/mol. The van der Waals surface area contributed by atoms with Crippen LogP contribution in [0.15, 0.2) is 30.7 Å². The van der Waals surface area contributed by atoms with Crippen LogP contribution in [0.1, 0.15) is 11.3 Å². The number of aryl methyl sites for hydroxylation is 1. The standard InChI is InChI=1S/C14H19N3O2/c1-15-7-11-6-13(18-3)4-5-14(11)19-9-12-8-16-10-17(12)2/h4-6,8,10,15H,7,9H2,1-3H3. The van der Waals surface area contributed by atoms with E-state index in [0.29, 0.717) is 6.61 Å². The van der Waals surface area contributed by atoms with Gasteiger partial charge in [0.1, 0.15) is 18.1 Å². The lowest BCUT2D eigenvalue weighted by molar-refractivity contribution is 0.292. The van der Waals surface area contributed by atoms with Crippen LogP contribution in [-0.2, 0) is 20.2 Å².